The quantitative estimate of drug-likeness (QED) is 0.848. The van der Waals surface area contributed by atoms with Crippen LogP contribution in [0.2, 0.25) is 5.02 Å². The molecule has 0 bridgehead atoms. The summed E-state index contributed by atoms with van der Waals surface area (Å²) in [5.41, 5.74) is 0.912. The first kappa shape index (κ1) is 13.3. The first-order chi connectivity index (χ1) is 8.66. The average molecular weight is 269 g/mol. The van der Waals surface area contributed by atoms with Crippen molar-refractivity contribution < 1.29 is 9.90 Å². The molecule has 18 heavy (non-hydrogen) atoms. The van der Waals surface area contributed by atoms with Crippen molar-refractivity contribution in [1.82, 2.24) is 10.2 Å². The Balaban J connectivity index is 1.92. The Bertz CT molecular complexity index is 402. The molecule has 2 rings (SSSR count). The Morgan fingerprint density at radius 1 is 1.33 bits per heavy atom. The molecule has 98 valence electrons. The molecular formula is C13H17ClN2O2. The molecule has 1 aromatic carbocycles. The van der Waals surface area contributed by atoms with Crippen molar-refractivity contribution in [1.29, 1.82) is 0 Å². The summed E-state index contributed by atoms with van der Waals surface area (Å²) < 4.78 is 0. The molecule has 1 heterocycles. The number of hydrogen-bond acceptors (Lipinski definition) is 3. The summed E-state index contributed by atoms with van der Waals surface area (Å²) in [5.74, 6) is -0.188. The van der Waals surface area contributed by atoms with Gasteiger partial charge in [-0.15, -0.1) is 0 Å². The molecule has 1 aromatic rings. The van der Waals surface area contributed by atoms with Gasteiger partial charge in [0.1, 0.15) is 6.10 Å². The standard InChI is InChI=1S/C13H17ClN2O2/c14-11-3-1-10(2-4-11)9-12(17)13(18)16-7-5-15-6-8-16/h1-4,12,15,17H,5-9H2. The molecule has 0 radical (unpaired) electrons. The number of aliphatic hydroxyl groups is 1. The average Bonchev–Trinajstić information content (AvgIpc) is 2.41. The number of piperazine rings is 1. The monoisotopic (exact) mass is 268 g/mol. The summed E-state index contributed by atoms with van der Waals surface area (Å²) in [6.45, 7) is 2.91. The van der Waals surface area contributed by atoms with Crippen LogP contribution in [0, 0.1) is 0 Å². The van der Waals surface area contributed by atoms with E-state index in [-0.39, 0.29) is 5.91 Å². The van der Waals surface area contributed by atoms with Gasteiger partial charge in [0.05, 0.1) is 0 Å². The predicted octanol–water partition coefficient (Wildman–Crippen LogP) is 0.675. The predicted molar refractivity (Wildman–Crippen MR) is 70.6 cm³/mol. The molecule has 1 aliphatic rings. The number of nitrogens with one attached hydrogen (secondary N) is 1. The minimum atomic E-state index is -0.968. The van der Waals surface area contributed by atoms with Crippen molar-refractivity contribution in [2.75, 3.05) is 26.2 Å². The third-order valence-electron chi connectivity index (χ3n) is 3.06. The van der Waals surface area contributed by atoms with Gasteiger partial charge < -0.3 is 15.3 Å². The highest BCUT2D eigenvalue weighted by atomic mass is 35.5. The number of nitrogens with zero attached hydrogens (tertiary/aromatic N) is 1. The van der Waals surface area contributed by atoms with E-state index in [2.05, 4.69) is 5.32 Å². The Labute approximate surface area is 112 Å². The van der Waals surface area contributed by atoms with Crippen molar-refractivity contribution in [3.8, 4) is 0 Å². The number of carbonyl (C=O) groups excluding carboxylic acids is 1. The zero-order chi connectivity index (χ0) is 13.0. The molecule has 1 unspecified atom stereocenters. The van der Waals surface area contributed by atoms with E-state index < -0.39 is 6.10 Å². The van der Waals surface area contributed by atoms with Gasteiger partial charge in [-0.2, -0.15) is 0 Å². The lowest BCUT2D eigenvalue weighted by molar-refractivity contribution is -0.140. The highest BCUT2D eigenvalue weighted by Gasteiger charge is 2.23. The zero-order valence-corrected chi connectivity index (χ0v) is 10.9. The van der Waals surface area contributed by atoms with E-state index in [1.165, 1.54) is 0 Å². The second kappa shape index (κ2) is 6.18. The van der Waals surface area contributed by atoms with Crippen LogP contribution in [0.5, 0.6) is 0 Å². The third-order valence-corrected chi connectivity index (χ3v) is 3.31. The van der Waals surface area contributed by atoms with Crippen molar-refractivity contribution >= 4 is 17.5 Å². The summed E-state index contributed by atoms with van der Waals surface area (Å²) in [5, 5.41) is 13.8. The highest BCUT2D eigenvalue weighted by Crippen LogP contribution is 2.12. The highest BCUT2D eigenvalue weighted by molar-refractivity contribution is 6.30. The molecule has 1 amide bonds. The van der Waals surface area contributed by atoms with Crippen LogP contribution in [0.4, 0.5) is 0 Å². The minimum absolute atomic E-state index is 0.188. The zero-order valence-electron chi connectivity index (χ0n) is 10.1. The van der Waals surface area contributed by atoms with Crippen LogP contribution >= 0.6 is 11.6 Å². The Kier molecular flexibility index (Phi) is 4.58. The number of amides is 1. The van der Waals surface area contributed by atoms with Crippen LogP contribution < -0.4 is 5.32 Å². The van der Waals surface area contributed by atoms with Gasteiger partial charge in [0, 0.05) is 37.6 Å². The van der Waals surface area contributed by atoms with E-state index >= 15 is 0 Å². The van der Waals surface area contributed by atoms with Crippen molar-refractivity contribution in [3.63, 3.8) is 0 Å². The molecular weight excluding hydrogens is 252 g/mol. The van der Waals surface area contributed by atoms with Gasteiger partial charge in [-0.1, -0.05) is 23.7 Å². The second-order valence-corrected chi connectivity index (χ2v) is 4.86. The third kappa shape index (κ3) is 3.45. The van der Waals surface area contributed by atoms with E-state index in [9.17, 15) is 9.90 Å². The minimum Gasteiger partial charge on any atom is -0.383 e. The van der Waals surface area contributed by atoms with Crippen molar-refractivity contribution in [2.24, 2.45) is 0 Å². The summed E-state index contributed by atoms with van der Waals surface area (Å²) in [7, 11) is 0. The van der Waals surface area contributed by atoms with Gasteiger partial charge in [-0.25, -0.2) is 0 Å². The molecule has 4 nitrogen and oxygen atoms in total. The number of rotatable bonds is 3. The SMILES string of the molecule is O=C(C(O)Cc1ccc(Cl)cc1)N1CCNCC1. The fourth-order valence-corrected chi connectivity index (χ4v) is 2.15. The summed E-state index contributed by atoms with van der Waals surface area (Å²) >= 11 is 5.79. The van der Waals surface area contributed by atoms with Crippen LogP contribution in [0.15, 0.2) is 24.3 Å². The van der Waals surface area contributed by atoms with Crippen molar-refractivity contribution in [3.05, 3.63) is 34.9 Å². The summed E-state index contributed by atoms with van der Waals surface area (Å²) in [4.78, 5) is 13.7. The molecule has 1 fully saturated rings. The first-order valence-corrected chi connectivity index (χ1v) is 6.46. The van der Waals surface area contributed by atoms with Crippen LogP contribution in [0.1, 0.15) is 5.56 Å². The van der Waals surface area contributed by atoms with E-state index in [4.69, 9.17) is 11.6 Å². The summed E-state index contributed by atoms with van der Waals surface area (Å²) in [6, 6.07) is 7.19. The van der Waals surface area contributed by atoms with Gasteiger partial charge in [-0.05, 0) is 17.7 Å². The maximum absolute atomic E-state index is 12.0. The summed E-state index contributed by atoms with van der Waals surface area (Å²) in [6.07, 6.45) is -0.635. The number of benzene rings is 1. The van der Waals surface area contributed by atoms with Gasteiger partial charge in [0.15, 0.2) is 0 Å². The number of carbonyl (C=O) groups is 1. The van der Waals surface area contributed by atoms with E-state index in [0.717, 1.165) is 18.7 Å². The lowest BCUT2D eigenvalue weighted by Gasteiger charge is -2.29. The number of halogens is 1. The number of hydrogen-bond donors (Lipinski definition) is 2. The first-order valence-electron chi connectivity index (χ1n) is 6.09. The maximum Gasteiger partial charge on any atom is 0.251 e. The number of aliphatic hydroxyl groups excluding tert-OH is 1. The normalized spacial score (nSPS) is 17.6. The van der Waals surface area contributed by atoms with Crippen LogP contribution in [-0.2, 0) is 11.2 Å². The molecule has 0 saturated carbocycles. The van der Waals surface area contributed by atoms with E-state index in [1.807, 2.05) is 12.1 Å². The Hall–Kier alpha value is -1.10. The lowest BCUT2D eigenvalue weighted by atomic mass is 10.1. The van der Waals surface area contributed by atoms with Gasteiger partial charge in [0.2, 0.25) is 0 Å². The second-order valence-electron chi connectivity index (χ2n) is 4.42. The van der Waals surface area contributed by atoms with Gasteiger partial charge in [0.25, 0.3) is 5.91 Å². The van der Waals surface area contributed by atoms with Gasteiger partial charge >= 0.3 is 0 Å². The van der Waals surface area contributed by atoms with Crippen LogP contribution in [0.3, 0.4) is 0 Å². The van der Waals surface area contributed by atoms with Crippen molar-refractivity contribution in [2.45, 2.75) is 12.5 Å². The van der Waals surface area contributed by atoms with E-state index in [1.54, 1.807) is 17.0 Å². The molecule has 1 aliphatic heterocycles. The lowest BCUT2D eigenvalue weighted by Crippen LogP contribution is -2.50. The maximum atomic E-state index is 12.0. The molecule has 0 aliphatic carbocycles. The molecule has 1 saturated heterocycles. The fourth-order valence-electron chi connectivity index (χ4n) is 2.03. The van der Waals surface area contributed by atoms with E-state index in [0.29, 0.717) is 24.5 Å². The van der Waals surface area contributed by atoms with Crippen LogP contribution in [0.25, 0.3) is 0 Å². The molecule has 5 heteroatoms. The Morgan fingerprint density at radius 2 is 1.94 bits per heavy atom. The fraction of sp³-hybridized carbons (Fsp3) is 0.462. The Morgan fingerprint density at radius 3 is 2.56 bits per heavy atom. The topological polar surface area (TPSA) is 52.6 Å². The molecule has 0 spiro atoms. The molecule has 1 atom stereocenters. The smallest absolute Gasteiger partial charge is 0.251 e. The largest absolute Gasteiger partial charge is 0.383 e. The molecule has 0 aromatic heterocycles. The van der Waals surface area contributed by atoms with Crippen LogP contribution in [-0.4, -0.2) is 48.2 Å². The van der Waals surface area contributed by atoms with Gasteiger partial charge in [-0.3, -0.25) is 4.79 Å². The molecule has 2 N–H and O–H groups in total.